The molecule has 0 amide bonds. The highest BCUT2D eigenvalue weighted by molar-refractivity contribution is 5.95. The maximum Gasteiger partial charge on any atom is 0.336 e. The molecule has 0 radical (unpaired) electrons. The zero-order valence-electron chi connectivity index (χ0n) is 17.4. The Labute approximate surface area is 163 Å². The molecule has 1 rings (SSSR count). The van der Waals surface area contributed by atoms with E-state index < -0.39 is 17.5 Å². The monoisotopic (exact) mass is 374 g/mol. The first kappa shape index (κ1) is 22.9. The van der Waals surface area contributed by atoms with Gasteiger partial charge in [0.15, 0.2) is 0 Å². The van der Waals surface area contributed by atoms with Gasteiger partial charge in [0.1, 0.15) is 5.60 Å². The first-order valence-corrected chi connectivity index (χ1v) is 9.92. The summed E-state index contributed by atoms with van der Waals surface area (Å²) in [6.07, 6.45) is 11.1. The Hall–Kier alpha value is -2.10. The van der Waals surface area contributed by atoms with E-state index in [1.54, 1.807) is 32.9 Å². The number of ether oxygens (including phenoxy) is 1. The van der Waals surface area contributed by atoms with Gasteiger partial charge >= 0.3 is 11.9 Å². The molecule has 0 unspecified atom stereocenters. The van der Waals surface area contributed by atoms with Crippen molar-refractivity contribution in [2.75, 3.05) is 0 Å². The van der Waals surface area contributed by atoms with E-state index >= 15 is 0 Å². The third-order valence-electron chi connectivity index (χ3n) is 4.45. The molecular formula is C23H34O4. The number of aromatic carboxylic acids is 1. The average Bonchev–Trinajstić information content (AvgIpc) is 2.56. The largest absolute Gasteiger partial charge is 0.478 e. The minimum Gasteiger partial charge on any atom is -0.478 e. The van der Waals surface area contributed by atoms with Crippen molar-refractivity contribution in [3.63, 3.8) is 0 Å². The van der Waals surface area contributed by atoms with Crippen molar-refractivity contribution in [2.45, 2.75) is 85.2 Å². The summed E-state index contributed by atoms with van der Waals surface area (Å²) < 4.78 is 5.27. The van der Waals surface area contributed by atoms with Gasteiger partial charge in [-0.3, -0.25) is 0 Å². The number of unbranched alkanes of at least 4 members (excludes halogenated alkanes) is 5. The third-order valence-corrected chi connectivity index (χ3v) is 4.45. The van der Waals surface area contributed by atoms with Gasteiger partial charge in [-0.15, -0.1) is 0 Å². The van der Waals surface area contributed by atoms with E-state index in [0.717, 1.165) is 24.0 Å². The van der Waals surface area contributed by atoms with E-state index in [9.17, 15) is 14.7 Å². The van der Waals surface area contributed by atoms with Gasteiger partial charge in [0, 0.05) is 6.08 Å². The van der Waals surface area contributed by atoms with E-state index in [1.165, 1.54) is 38.2 Å². The molecule has 0 saturated heterocycles. The Kier molecular flexibility index (Phi) is 9.27. The number of carbonyl (C=O) groups is 2. The quantitative estimate of drug-likeness (QED) is 0.312. The molecule has 0 aliphatic rings. The van der Waals surface area contributed by atoms with Crippen LogP contribution in [0, 0.1) is 6.92 Å². The molecule has 27 heavy (non-hydrogen) atoms. The molecule has 4 heteroatoms. The highest BCUT2D eigenvalue weighted by Crippen LogP contribution is 2.23. The molecule has 0 saturated carbocycles. The van der Waals surface area contributed by atoms with Gasteiger partial charge in [0.25, 0.3) is 0 Å². The standard InChI is InChI=1S/C23H34O4/c1-6-7-8-9-10-11-12-18-13-14-20(22(25)26)19(17(18)2)15-16-21(24)27-23(3,4)5/h13-16H,6-12H2,1-5H3,(H,25,26)/b16-15+. The number of aryl methyl sites for hydroxylation is 1. The van der Waals surface area contributed by atoms with Crippen LogP contribution in [0.5, 0.6) is 0 Å². The fraction of sp³-hybridized carbons (Fsp3) is 0.565. The Balaban J connectivity index is 2.90. The highest BCUT2D eigenvalue weighted by atomic mass is 16.6. The van der Waals surface area contributed by atoms with Crippen LogP contribution in [-0.4, -0.2) is 22.6 Å². The fourth-order valence-electron chi connectivity index (χ4n) is 3.03. The van der Waals surface area contributed by atoms with E-state index in [1.807, 2.05) is 13.0 Å². The van der Waals surface area contributed by atoms with Crippen LogP contribution in [0.25, 0.3) is 6.08 Å². The molecule has 0 fully saturated rings. The first-order valence-electron chi connectivity index (χ1n) is 9.92. The summed E-state index contributed by atoms with van der Waals surface area (Å²) in [6.45, 7) is 9.53. The van der Waals surface area contributed by atoms with Crippen molar-refractivity contribution in [1.82, 2.24) is 0 Å². The van der Waals surface area contributed by atoms with Gasteiger partial charge < -0.3 is 9.84 Å². The summed E-state index contributed by atoms with van der Waals surface area (Å²) in [6, 6.07) is 3.53. The Morgan fingerprint density at radius 3 is 2.30 bits per heavy atom. The molecule has 1 aromatic carbocycles. The predicted octanol–water partition coefficient (Wildman–Crippen LogP) is 5.95. The van der Waals surface area contributed by atoms with Gasteiger partial charge in [-0.25, -0.2) is 9.59 Å². The van der Waals surface area contributed by atoms with Crippen LogP contribution < -0.4 is 0 Å². The molecular weight excluding hydrogens is 340 g/mol. The van der Waals surface area contributed by atoms with Crippen LogP contribution in [0.15, 0.2) is 18.2 Å². The molecule has 1 N–H and O–H groups in total. The molecule has 0 spiro atoms. The van der Waals surface area contributed by atoms with E-state index in [2.05, 4.69) is 6.92 Å². The van der Waals surface area contributed by atoms with E-state index in [0.29, 0.717) is 5.56 Å². The summed E-state index contributed by atoms with van der Waals surface area (Å²) >= 11 is 0. The smallest absolute Gasteiger partial charge is 0.336 e. The molecule has 0 aliphatic heterocycles. The number of hydrogen-bond donors (Lipinski definition) is 1. The third kappa shape index (κ3) is 8.42. The highest BCUT2D eigenvalue weighted by Gasteiger charge is 2.16. The molecule has 0 heterocycles. The van der Waals surface area contributed by atoms with Crippen LogP contribution >= 0.6 is 0 Å². The fourth-order valence-corrected chi connectivity index (χ4v) is 3.03. The second kappa shape index (κ2) is 10.9. The molecule has 150 valence electrons. The summed E-state index contributed by atoms with van der Waals surface area (Å²) in [4.78, 5) is 23.5. The van der Waals surface area contributed by atoms with Crippen LogP contribution in [0.1, 0.15) is 93.3 Å². The normalized spacial score (nSPS) is 11.7. The van der Waals surface area contributed by atoms with Gasteiger partial charge in [0.2, 0.25) is 0 Å². The average molecular weight is 375 g/mol. The summed E-state index contributed by atoms with van der Waals surface area (Å²) in [7, 11) is 0. The lowest BCUT2D eigenvalue weighted by molar-refractivity contribution is -0.148. The predicted molar refractivity (Wildman–Crippen MR) is 110 cm³/mol. The lowest BCUT2D eigenvalue weighted by atomic mass is 9.93. The maximum absolute atomic E-state index is 12.0. The Morgan fingerprint density at radius 1 is 1.07 bits per heavy atom. The van der Waals surface area contributed by atoms with E-state index in [4.69, 9.17) is 4.74 Å². The summed E-state index contributed by atoms with van der Waals surface area (Å²) in [5, 5.41) is 9.48. The SMILES string of the molecule is CCCCCCCCc1ccc(C(=O)O)c(/C=C/C(=O)OC(C)(C)C)c1C. The summed E-state index contributed by atoms with van der Waals surface area (Å²) in [5.74, 6) is -1.47. The number of carboxylic acid groups (broad SMARTS) is 1. The maximum atomic E-state index is 12.0. The second-order valence-electron chi connectivity index (χ2n) is 8.00. The van der Waals surface area contributed by atoms with E-state index in [-0.39, 0.29) is 5.56 Å². The van der Waals surface area contributed by atoms with Crippen molar-refractivity contribution < 1.29 is 19.4 Å². The van der Waals surface area contributed by atoms with Crippen molar-refractivity contribution in [1.29, 1.82) is 0 Å². The number of hydrogen-bond acceptors (Lipinski definition) is 3. The molecule has 1 aromatic rings. The number of benzene rings is 1. The lowest BCUT2D eigenvalue weighted by Crippen LogP contribution is -2.22. The first-order chi connectivity index (χ1) is 12.7. The zero-order valence-corrected chi connectivity index (χ0v) is 17.4. The van der Waals surface area contributed by atoms with Crippen LogP contribution in [0.2, 0.25) is 0 Å². The minimum absolute atomic E-state index is 0.207. The topological polar surface area (TPSA) is 63.6 Å². The van der Waals surface area contributed by atoms with Crippen molar-refractivity contribution in [2.24, 2.45) is 0 Å². The van der Waals surface area contributed by atoms with Crippen LogP contribution in [-0.2, 0) is 16.0 Å². The molecule has 0 aliphatic carbocycles. The number of esters is 1. The number of carboxylic acids is 1. The second-order valence-corrected chi connectivity index (χ2v) is 8.00. The van der Waals surface area contributed by atoms with Crippen molar-refractivity contribution in [3.05, 3.63) is 40.5 Å². The molecule has 4 nitrogen and oxygen atoms in total. The number of carbonyl (C=O) groups excluding carboxylic acids is 1. The van der Waals surface area contributed by atoms with Crippen molar-refractivity contribution in [3.8, 4) is 0 Å². The molecule has 0 aromatic heterocycles. The van der Waals surface area contributed by atoms with Crippen molar-refractivity contribution >= 4 is 18.0 Å². The Morgan fingerprint density at radius 2 is 1.70 bits per heavy atom. The molecule has 0 atom stereocenters. The van der Waals surface area contributed by atoms with Crippen LogP contribution in [0.4, 0.5) is 0 Å². The number of rotatable bonds is 10. The summed E-state index contributed by atoms with van der Waals surface area (Å²) in [5.41, 5.74) is 2.27. The van der Waals surface area contributed by atoms with Gasteiger partial charge in [-0.05, 0) is 69.4 Å². The Bertz CT molecular complexity index is 666. The van der Waals surface area contributed by atoms with Crippen LogP contribution in [0.3, 0.4) is 0 Å². The minimum atomic E-state index is -0.993. The lowest BCUT2D eigenvalue weighted by Gasteiger charge is -2.18. The van der Waals surface area contributed by atoms with Gasteiger partial charge in [0.05, 0.1) is 5.56 Å². The zero-order chi connectivity index (χ0) is 20.4. The van der Waals surface area contributed by atoms with Gasteiger partial charge in [-0.1, -0.05) is 45.1 Å². The molecule has 0 bridgehead atoms. The van der Waals surface area contributed by atoms with Gasteiger partial charge in [-0.2, -0.15) is 0 Å².